The molecule has 0 saturated heterocycles. The molecular weight excluding hydrogens is 384 g/mol. The number of carbonyl (C=O) groups excluding carboxylic acids is 3. The molecule has 1 aromatic carbocycles. The van der Waals surface area contributed by atoms with Crippen LogP contribution < -0.4 is 11.1 Å². The highest BCUT2D eigenvalue weighted by Gasteiger charge is 2.18. The second-order valence-corrected chi connectivity index (χ2v) is 7.66. The first-order valence-electron chi connectivity index (χ1n) is 7.13. The van der Waals surface area contributed by atoms with Crippen LogP contribution in [0.2, 0.25) is 5.02 Å². The smallest absolute Gasteiger partial charge is 0.319 e. The van der Waals surface area contributed by atoms with Crippen LogP contribution in [0.3, 0.4) is 0 Å². The number of hydrogen-bond donors (Lipinski definition) is 2. The molecule has 0 spiro atoms. The summed E-state index contributed by atoms with van der Waals surface area (Å²) in [5.74, 6) is -1.69. The lowest BCUT2D eigenvalue weighted by Gasteiger charge is -2.11. The normalized spacial score (nSPS) is 11.6. The molecule has 2 aromatic rings. The van der Waals surface area contributed by atoms with E-state index in [2.05, 4.69) is 5.32 Å². The summed E-state index contributed by atoms with van der Waals surface area (Å²) < 4.78 is 5.00. The summed E-state index contributed by atoms with van der Waals surface area (Å²) in [7, 11) is 0. The number of nitrogens with one attached hydrogen (secondary N) is 1. The van der Waals surface area contributed by atoms with E-state index in [0.717, 1.165) is 16.2 Å². The molecule has 1 atom stereocenters. The third-order valence-corrected chi connectivity index (χ3v) is 5.16. The van der Waals surface area contributed by atoms with E-state index < -0.39 is 29.6 Å². The number of thioether (sulfide) groups is 1. The van der Waals surface area contributed by atoms with E-state index in [1.807, 2.05) is 0 Å². The molecule has 0 unspecified atom stereocenters. The molecule has 2 rings (SSSR count). The van der Waals surface area contributed by atoms with Gasteiger partial charge in [-0.2, -0.15) is 0 Å². The van der Waals surface area contributed by atoms with Crippen molar-refractivity contribution in [3.05, 3.63) is 46.3 Å². The van der Waals surface area contributed by atoms with Gasteiger partial charge in [-0.3, -0.25) is 14.4 Å². The Labute approximate surface area is 157 Å². The maximum absolute atomic E-state index is 12.0. The van der Waals surface area contributed by atoms with Crippen LogP contribution in [0, 0.1) is 0 Å². The van der Waals surface area contributed by atoms with Gasteiger partial charge in [0.15, 0.2) is 6.61 Å². The number of rotatable bonds is 7. The summed E-state index contributed by atoms with van der Waals surface area (Å²) in [5.41, 5.74) is 5.42. The molecule has 25 heavy (non-hydrogen) atoms. The number of hydrogen-bond acceptors (Lipinski definition) is 6. The summed E-state index contributed by atoms with van der Waals surface area (Å²) in [5, 5.41) is 4.59. The van der Waals surface area contributed by atoms with E-state index in [1.54, 1.807) is 36.6 Å². The summed E-state index contributed by atoms with van der Waals surface area (Å²) in [6, 6.07) is 8.57. The van der Waals surface area contributed by atoms with Crippen molar-refractivity contribution in [2.75, 3.05) is 11.9 Å². The molecule has 1 heterocycles. The zero-order chi connectivity index (χ0) is 18.4. The highest BCUT2D eigenvalue weighted by atomic mass is 35.5. The van der Waals surface area contributed by atoms with Gasteiger partial charge in [0.2, 0.25) is 0 Å². The SMILES string of the molecule is C[C@H](Sc1ccc(Cl)cc1)C(=O)OCC(=O)Nc1sccc1C(N)=O. The third kappa shape index (κ3) is 5.77. The van der Waals surface area contributed by atoms with Gasteiger partial charge in [-0.15, -0.1) is 23.1 Å². The Morgan fingerprint density at radius 3 is 2.60 bits per heavy atom. The number of anilines is 1. The fraction of sp³-hybridized carbons (Fsp3) is 0.188. The van der Waals surface area contributed by atoms with Gasteiger partial charge in [0.05, 0.1) is 5.56 Å². The van der Waals surface area contributed by atoms with Gasteiger partial charge in [0.1, 0.15) is 10.3 Å². The monoisotopic (exact) mass is 398 g/mol. The van der Waals surface area contributed by atoms with Crippen molar-refractivity contribution in [3.8, 4) is 0 Å². The average Bonchev–Trinajstić information content (AvgIpc) is 3.03. The first kappa shape index (κ1) is 19.3. The lowest BCUT2D eigenvalue weighted by molar-refractivity contribution is -0.146. The number of carbonyl (C=O) groups is 3. The molecule has 0 saturated carbocycles. The number of thiophene rings is 1. The van der Waals surface area contributed by atoms with Crippen LogP contribution in [0.4, 0.5) is 5.00 Å². The van der Waals surface area contributed by atoms with E-state index in [-0.39, 0.29) is 5.56 Å². The number of amides is 2. The molecule has 0 fully saturated rings. The topological polar surface area (TPSA) is 98.5 Å². The van der Waals surface area contributed by atoms with Crippen LogP contribution in [0.5, 0.6) is 0 Å². The number of primary amides is 1. The molecule has 1 aromatic heterocycles. The van der Waals surface area contributed by atoms with Gasteiger partial charge < -0.3 is 15.8 Å². The second kappa shape index (κ2) is 8.89. The fourth-order valence-electron chi connectivity index (χ4n) is 1.78. The summed E-state index contributed by atoms with van der Waals surface area (Å²) in [6.07, 6.45) is 0. The molecular formula is C16H15ClN2O4S2. The number of halogens is 1. The number of esters is 1. The molecule has 0 aliphatic heterocycles. The summed E-state index contributed by atoms with van der Waals surface area (Å²) in [4.78, 5) is 35.9. The molecule has 0 bridgehead atoms. The van der Waals surface area contributed by atoms with Gasteiger partial charge in [-0.25, -0.2) is 0 Å². The zero-order valence-electron chi connectivity index (χ0n) is 13.2. The lowest BCUT2D eigenvalue weighted by Crippen LogP contribution is -2.25. The third-order valence-electron chi connectivity index (χ3n) is 2.99. The molecule has 132 valence electrons. The number of nitrogens with two attached hydrogens (primary N) is 1. The number of benzene rings is 1. The maximum atomic E-state index is 12.0. The molecule has 0 radical (unpaired) electrons. The van der Waals surface area contributed by atoms with E-state index in [1.165, 1.54) is 17.8 Å². The van der Waals surface area contributed by atoms with E-state index in [9.17, 15) is 14.4 Å². The van der Waals surface area contributed by atoms with Gasteiger partial charge >= 0.3 is 5.97 Å². The fourth-order valence-corrected chi connectivity index (χ4v) is 3.58. The molecule has 0 aliphatic rings. The van der Waals surface area contributed by atoms with Crippen LogP contribution in [-0.2, 0) is 14.3 Å². The highest BCUT2D eigenvalue weighted by Crippen LogP contribution is 2.25. The van der Waals surface area contributed by atoms with E-state index >= 15 is 0 Å². The van der Waals surface area contributed by atoms with Crippen LogP contribution >= 0.6 is 34.7 Å². The van der Waals surface area contributed by atoms with Crippen LogP contribution in [0.1, 0.15) is 17.3 Å². The Balaban J connectivity index is 1.82. The minimum absolute atomic E-state index is 0.219. The molecule has 6 nitrogen and oxygen atoms in total. The van der Waals surface area contributed by atoms with Gasteiger partial charge in [0.25, 0.3) is 11.8 Å². The Bertz CT molecular complexity index is 777. The van der Waals surface area contributed by atoms with Crippen molar-refractivity contribution in [1.29, 1.82) is 0 Å². The minimum atomic E-state index is -0.637. The molecule has 2 amide bonds. The standard InChI is InChI=1S/C16H15ClN2O4S2/c1-9(25-11-4-2-10(17)3-5-11)16(22)23-8-13(20)19-15-12(14(18)21)6-7-24-15/h2-7,9H,8H2,1H3,(H2,18,21)(H,19,20)/t9-/m0/s1. The van der Waals surface area contributed by atoms with Gasteiger partial charge in [-0.05, 0) is 42.6 Å². The predicted molar refractivity (Wildman–Crippen MR) is 99.2 cm³/mol. The minimum Gasteiger partial charge on any atom is -0.455 e. The number of ether oxygens (including phenoxy) is 1. The molecule has 0 aliphatic carbocycles. The molecule has 9 heteroatoms. The van der Waals surface area contributed by atoms with Crippen LogP contribution in [0.25, 0.3) is 0 Å². The van der Waals surface area contributed by atoms with E-state index in [0.29, 0.717) is 10.0 Å². The zero-order valence-corrected chi connectivity index (χ0v) is 15.5. The first-order valence-corrected chi connectivity index (χ1v) is 9.26. The summed E-state index contributed by atoms with van der Waals surface area (Å²) >= 11 is 8.27. The van der Waals surface area contributed by atoms with Crippen molar-refractivity contribution in [3.63, 3.8) is 0 Å². The second-order valence-electron chi connectivity index (χ2n) is 4.90. The van der Waals surface area contributed by atoms with Gasteiger partial charge in [-0.1, -0.05) is 11.6 Å². The largest absolute Gasteiger partial charge is 0.455 e. The Morgan fingerprint density at radius 2 is 1.96 bits per heavy atom. The average molecular weight is 399 g/mol. The predicted octanol–water partition coefficient (Wildman–Crippen LogP) is 3.16. The van der Waals surface area contributed by atoms with Crippen molar-refractivity contribution in [2.24, 2.45) is 5.73 Å². The van der Waals surface area contributed by atoms with Crippen molar-refractivity contribution >= 4 is 57.5 Å². The maximum Gasteiger partial charge on any atom is 0.319 e. The quantitative estimate of drug-likeness (QED) is 0.551. The van der Waals surface area contributed by atoms with Gasteiger partial charge in [0, 0.05) is 9.92 Å². The van der Waals surface area contributed by atoms with Crippen molar-refractivity contribution in [1.82, 2.24) is 0 Å². The summed E-state index contributed by atoms with van der Waals surface area (Å²) in [6.45, 7) is 1.24. The Kier molecular flexibility index (Phi) is 6.86. The van der Waals surface area contributed by atoms with Crippen LogP contribution in [-0.4, -0.2) is 29.6 Å². The highest BCUT2D eigenvalue weighted by molar-refractivity contribution is 8.00. The lowest BCUT2D eigenvalue weighted by atomic mass is 10.3. The van der Waals surface area contributed by atoms with Crippen molar-refractivity contribution in [2.45, 2.75) is 17.1 Å². The molecule has 3 N–H and O–H groups in total. The van der Waals surface area contributed by atoms with Crippen molar-refractivity contribution < 1.29 is 19.1 Å². The first-order chi connectivity index (χ1) is 11.9. The Hall–Kier alpha value is -2.03. The van der Waals surface area contributed by atoms with Crippen LogP contribution in [0.15, 0.2) is 40.6 Å². The van der Waals surface area contributed by atoms with E-state index in [4.69, 9.17) is 22.1 Å². The Morgan fingerprint density at radius 1 is 1.28 bits per heavy atom.